The Labute approximate surface area is 146 Å². The number of benzene rings is 3. The molecule has 110 valence electrons. The van der Waals surface area contributed by atoms with Crippen molar-refractivity contribution in [3.05, 3.63) is 77.9 Å². The van der Waals surface area contributed by atoms with Crippen LogP contribution in [0.3, 0.4) is 0 Å². The van der Waals surface area contributed by atoms with Crippen molar-refractivity contribution in [2.45, 2.75) is 3.58 Å². The summed E-state index contributed by atoms with van der Waals surface area (Å²) in [4.78, 5) is 14.0. The van der Waals surface area contributed by atoms with Gasteiger partial charge in [-0.05, 0) is 0 Å². The molecule has 0 aromatic heterocycles. The average Bonchev–Trinajstić information content (AvgIpc) is 2.60. The predicted octanol–water partition coefficient (Wildman–Crippen LogP) is 3.90. The fourth-order valence-electron chi connectivity index (χ4n) is 2.97. The molecular formula is C20H13NOPo. The van der Waals surface area contributed by atoms with Gasteiger partial charge in [0, 0.05) is 0 Å². The van der Waals surface area contributed by atoms with E-state index in [0.29, 0.717) is 9.26 Å². The van der Waals surface area contributed by atoms with Crippen LogP contribution < -0.4 is 3.22 Å². The summed E-state index contributed by atoms with van der Waals surface area (Å²) >= 11 is -0.783. The van der Waals surface area contributed by atoms with Gasteiger partial charge in [0.15, 0.2) is 0 Å². The number of hydrogen-bond donors (Lipinski definition) is 0. The molecule has 4 rings (SSSR count). The van der Waals surface area contributed by atoms with Crippen molar-refractivity contribution in [2.75, 3.05) is 0 Å². The molecule has 3 heteroatoms. The maximum atomic E-state index is 10.3. The van der Waals surface area contributed by atoms with E-state index in [1.54, 1.807) is 6.08 Å². The van der Waals surface area contributed by atoms with E-state index in [2.05, 4.69) is 65.7 Å². The SMILES string of the molecule is O=C=Nc1cc[c]([Po][CH]2C=Cc3cccc4cccc2c34)cc1. The molecule has 23 heavy (non-hydrogen) atoms. The molecule has 0 N–H and O–H groups in total. The van der Waals surface area contributed by atoms with Crippen molar-refractivity contribution in [2.24, 2.45) is 4.99 Å². The molecule has 0 radical (unpaired) electrons. The van der Waals surface area contributed by atoms with Crippen LogP contribution in [-0.2, 0) is 4.79 Å². The number of aliphatic imine (C=N–C) groups is 1. The summed E-state index contributed by atoms with van der Waals surface area (Å²) in [6.07, 6.45) is 6.22. The van der Waals surface area contributed by atoms with Crippen molar-refractivity contribution in [3.63, 3.8) is 0 Å². The molecule has 3 aromatic carbocycles. The van der Waals surface area contributed by atoms with Gasteiger partial charge in [-0.3, -0.25) is 0 Å². The second kappa shape index (κ2) is 6.21. The van der Waals surface area contributed by atoms with E-state index in [4.69, 9.17) is 0 Å². The molecule has 1 aliphatic carbocycles. The van der Waals surface area contributed by atoms with Crippen molar-refractivity contribution in [3.8, 4) is 0 Å². The molecule has 1 atom stereocenters. The van der Waals surface area contributed by atoms with Gasteiger partial charge in [-0.2, -0.15) is 0 Å². The van der Waals surface area contributed by atoms with Gasteiger partial charge >= 0.3 is 147 Å². The van der Waals surface area contributed by atoms with Gasteiger partial charge in [-0.25, -0.2) is 0 Å². The van der Waals surface area contributed by atoms with Crippen LogP contribution in [0.4, 0.5) is 5.69 Å². The van der Waals surface area contributed by atoms with Gasteiger partial charge in [-0.15, -0.1) is 0 Å². The molecule has 0 saturated carbocycles. The van der Waals surface area contributed by atoms with Gasteiger partial charge in [0.2, 0.25) is 0 Å². The molecule has 2 nitrogen and oxygen atoms in total. The molecule has 0 spiro atoms. The standard InChI is InChI=1S/C13H9.C7H4NO.Po/c1-4-10-6-2-8-12-9-3-7-11(5-1)13(10)12;9-6-8-7-4-2-1-3-5-7;/h1-9H;2-5H;. The molecule has 0 fully saturated rings. The van der Waals surface area contributed by atoms with Gasteiger partial charge in [0.05, 0.1) is 0 Å². The summed E-state index contributed by atoms with van der Waals surface area (Å²) < 4.78 is 1.94. The minimum absolute atomic E-state index is 0.536. The molecule has 1 aliphatic rings. The first-order valence-electron chi connectivity index (χ1n) is 7.39. The molecule has 0 bridgehead atoms. The van der Waals surface area contributed by atoms with Crippen LogP contribution in [0.25, 0.3) is 16.8 Å². The monoisotopic (exact) mass is 492 g/mol. The van der Waals surface area contributed by atoms with Crippen LogP contribution in [-0.4, -0.2) is 29.6 Å². The Hall–Kier alpha value is -2.06. The number of isocyanates is 1. The van der Waals surface area contributed by atoms with Crippen molar-refractivity contribution >= 4 is 55.4 Å². The van der Waals surface area contributed by atoms with Crippen LogP contribution in [0, 0.1) is 0 Å². The number of nitrogens with zero attached hydrogens (tertiary/aromatic N) is 1. The maximum absolute atomic E-state index is 10.3. The summed E-state index contributed by atoms with van der Waals surface area (Å²) in [6, 6.07) is 21.1. The van der Waals surface area contributed by atoms with Crippen LogP contribution in [0.15, 0.2) is 71.7 Å². The quantitative estimate of drug-likeness (QED) is 0.403. The number of rotatable bonds is 3. The normalized spacial score (nSPS) is 15.4. The third kappa shape index (κ3) is 2.79. The van der Waals surface area contributed by atoms with E-state index in [0.717, 1.165) is 0 Å². The zero-order valence-electron chi connectivity index (χ0n) is 12.3. The second-order valence-electron chi connectivity index (χ2n) is 5.39. The minimum atomic E-state index is -0.783. The molecule has 0 saturated heterocycles. The van der Waals surface area contributed by atoms with Gasteiger partial charge in [0.25, 0.3) is 0 Å². The van der Waals surface area contributed by atoms with Crippen LogP contribution in [0.5, 0.6) is 0 Å². The second-order valence-corrected chi connectivity index (χ2v) is 10.1. The number of carbonyl (C=O) groups excluding carboxylic acids is 1. The van der Waals surface area contributed by atoms with E-state index < -0.39 is 23.6 Å². The molecule has 0 amide bonds. The van der Waals surface area contributed by atoms with E-state index >= 15 is 0 Å². The van der Waals surface area contributed by atoms with E-state index in [-0.39, 0.29) is 0 Å². The Bertz CT molecular complexity index is 948. The molecule has 0 aliphatic heterocycles. The third-order valence-electron chi connectivity index (χ3n) is 4.00. The summed E-state index contributed by atoms with van der Waals surface area (Å²) in [5, 5.41) is 2.73. The first-order valence-corrected chi connectivity index (χ1v) is 10.8. The first-order chi connectivity index (χ1) is 11.3. The Morgan fingerprint density at radius 3 is 2.52 bits per heavy atom. The van der Waals surface area contributed by atoms with Crippen molar-refractivity contribution < 1.29 is 4.79 Å². The van der Waals surface area contributed by atoms with E-state index in [1.807, 2.05) is 12.1 Å². The summed E-state index contributed by atoms with van der Waals surface area (Å²) in [5.74, 6) is 0. The fraction of sp³-hybridized carbons (Fsp3) is 0.0500. The molecule has 1 unspecified atom stereocenters. The third-order valence-corrected chi connectivity index (χ3v) is 8.70. The van der Waals surface area contributed by atoms with Crippen molar-refractivity contribution in [1.29, 1.82) is 0 Å². The average molecular weight is 492 g/mol. The zero-order valence-corrected chi connectivity index (χ0v) is 15.4. The number of allylic oxidation sites excluding steroid dienone is 1. The summed E-state index contributed by atoms with van der Waals surface area (Å²) in [5.41, 5.74) is 3.46. The Morgan fingerprint density at radius 1 is 0.957 bits per heavy atom. The van der Waals surface area contributed by atoms with Crippen LogP contribution in [0.1, 0.15) is 14.7 Å². The molecule has 0 heterocycles. The van der Waals surface area contributed by atoms with Gasteiger partial charge in [-0.1, -0.05) is 0 Å². The Kier molecular flexibility index (Phi) is 3.92. The Balaban J connectivity index is 1.70. The molecule has 3 aromatic rings. The summed E-state index contributed by atoms with van der Waals surface area (Å²) in [6.45, 7) is 0. The topological polar surface area (TPSA) is 29.4 Å². The van der Waals surface area contributed by atoms with E-state index in [9.17, 15) is 4.79 Å². The Morgan fingerprint density at radius 2 is 1.74 bits per heavy atom. The summed E-state index contributed by atoms with van der Waals surface area (Å²) in [7, 11) is 0. The van der Waals surface area contributed by atoms with Crippen molar-refractivity contribution in [1.82, 2.24) is 0 Å². The van der Waals surface area contributed by atoms with E-state index in [1.165, 1.54) is 25.1 Å². The first kappa shape index (κ1) is 14.5. The predicted molar refractivity (Wildman–Crippen MR) is 95.3 cm³/mol. The fourth-order valence-corrected chi connectivity index (χ4v) is 7.12. The van der Waals surface area contributed by atoms with Gasteiger partial charge in [0.1, 0.15) is 0 Å². The zero-order chi connectivity index (χ0) is 15.6. The molecular weight excluding hydrogens is 479 g/mol. The van der Waals surface area contributed by atoms with Gasteiger partial charge < -0.3 is 0 Å². The van der Waals surface area contributed by atoms with Crippen LogP contribution >= 0.6 is 0 Å². The van der Waals surface area contributed by atoms with Crippen LogP contribution in [0.2, 0.25) is 0 Å². The number of hydrogen-bond acceptors (Lipinski definition) is 2.